The molecule has 0 bridgehead atoms. The van der Waals surface area contributed by atoms with Crippen molar-refractivity contribution >= 4 is 11.9 Å². The maximum absolute atomic E-state index is 11.3. The molecule has 1 fully saturated rings. The molecule has 3 nitrogen and oxygen atoms in total. The predicted molar refractivity (Wildman–Crippen MR) is 47.8 cm³/mol. The van der Waals surface area contributed by atoms with Crippen LogP contribution in [0.2, 0.25) is 0 Å². The topological polar surface area (TPSA) is 43.4 Å². The van der Waals surface area contributed by atoms with Crippen molar-refractivity contribution in [2.45, 2.75) is 33.6 Å². The molecule has 1 rings (SSSR count). The average molecular weight is 184 g/mol. The lowest BCUT2D eigenvalue weighted by Gasteiger charge is -2.15. The molecule has 0 spiro atoms. The van der Waals surface area contributed by atoms with E-state index in [9.17, 15) is 9.59 Å². The molecule has 1 saturated heterocycles. The molecule has 1 aliphatic heterocycles. The molecule has 0 aromatic carbocycles. The Kier molecular flexibility index (Phi) is 3.07. The maximum Gasteiger partial charge on any atom is 0.317 e. The standard InChI is InChI=1S/C10H16O3/c1-4-5-7-8(6(2)3)10(12)13-9(7)11/h6-8H,4-5H2,1-3H3/t7-,8-/m1/s1. The molecule has 0 aliphatic carbocycles. The lowest BCUT2D eigenvalue weighted by Crippen LogP contribution is -2.22. The van der Waals surface area contributed by atoms with Crippen LogP contribution in [0.25, 0.3) is 0 Å². The fraction of sp³-hybridized carbons (Fsp3) is 0.800. The van der Waals surface area contributed by atoms with Gasteiger partial charge in [-0.25, -0.2) is 0 Å². The molecule has 0 unspecified atom stereocenters. The van der Waals surface area contributed by atoms with E-state index >= 15 is 0 Å². The second kappa shape index (κ2) is 3.90. The van der Waals surface area contributed by atoms with E-state index in [-0.39, 0.29) is 29.7 Å². The van der Waals surface area contributed by atoms with Crippen molar-refractivity contribution < 1.29 is 14.3 Å². The van der Waals surface area contributed by atoms with Gasteiger partial charge in [0.05, 0.1) is 11.8 Å². The van der Waals surface area contributed by atoms with E-state index in [4.69, 9.17) is 0 Å². The molecule has 3 heteroatoms. The molecule has 0 aromatic heterocycles. The van der Waals surface area contributed by atoms with Crippen LogP contribution in [0.15, 0.2) is 0 Å². The molecule has 74 valence electrons. The molecular weight excluding hydrogens is 168 g/mol. The number of hydrogen-bond acceptors (Lipinski definition) is 3. The zero-order chi connectivity index (χ0) is 10.0. The SMILES string of the molecule is CCC[C@H]1C(=O)OC(=O)[C@@H]1C(C)C. The third-order valence-corrected chi connectivity index (χ3v) is 2.53. The molecule has 1 aliphatic rings. The highest BCUT2D eigenvalue weighted by atomic mass is 16.6. The van der Waals surface area contributed by atoms with Gasteiger partial charge in [0.2, 0.25) is 0 Å². The van der Waals surface area contributed by atoms with Gasteiger partial charge in [-0.15, -0.1) is 0 Å². The van der Waals surface area contributed by atoms with Gasteiger partial charge in [-0.3, -0.25) is 9.59 Å². The first-order valence-corrected chi connectivity index (χ1v) is 4.83. The molecule has 0 N–H and O–H groups in total. The van der Waals surface area contributed by atoms with Gasteiger partial charge in [0.25, 0.3) is 0 Å². The summed E-state index contributed by atoms with van der Waals surface area (Å²) >= 11 is 0. The van der Waals surface area contributed by atoms with Crippen LogP contribution >= 0.6 is 0 Å². The van der Waals surface area contributed by atoms with E-state index < -0.39 is 0 Å². The normalized spacial score (nSPS) is 28.3. The van der Waals surface area contributed by atoms with Crippen LogP contribution in [0.4, 0.5) is 0 Å². The van der Waals surface area contributed by atoms with Gasteiger partial charge in [0.15, 0.2) is 0 Å². The fourth-order valence-electron chi connectivity index (χ4n) is 1.90. The van der Waals surface area contributed by atoms with Gasteiger partial charge in [-0.2, -0.15) is 0 Å². The Labute approximate surface area is 78.5 Å². The van der Waals surface area contributed by atoms with Crippen LogP contribution in [-0.2, 0) is 14.3 Å². The molecule has 1 heterocycles. The minimum absolute atomic E-state index is 0.190. The second-order valence-electron chi connectivity index (χ2n) is 3.91. The van der Waals surface area contributed by atoms with E-state index in [1.54, 1.807) is 0 Å². The largest absolute Gasteiger partial charge is 0.393 e. The minimum Gasteiger partial charge on any atom is -0.393 e. The first-order chi connectivity index (χ1) is 6.07. The van der Waals surface area contributed by atoms with Gasteiger partial charge in [-0.05, 0) is 12.3 Å². The number of hydrogen-bond donors (Lipinski definition) is 0. The van der Waals surface area contributed by atoms with Crippen molar-refractivity contribution in [1.29, 1.82) is 0 Å². The molecule has 2 atom stereocenters. The third-order valence-electron chi connectivity index (χ3n) is 2.53. The van der Waals surface area contributed by atoms with Crippen molar-refractivity contribution in [2.24, 2.45) is 17.8 Å². The quantitative estimate of drug-likeness (QED) is 0.496. The van der Waals surface area contributed by atoms with Crippen LogP contribution in [-0.4, -0.2) is 11.9 Å². The molecular formula is C10H16O3. The number of carbonyl (C=O) groups excluding carboxylic acids is 2. The predicted octanol–water partition coefficient (Wildman–Crippen LogP) is 1.76. The summed E-state index contributed by atoms with van der Waals surface area (Å²) in [6.45, 7) is 5.91. The van der Waals surface area contributed by atoms with Gasteiger partial charge < -0.3 is 4.74 Å². The number of rotatable bonds is 3. The summed E-state index contributed by atoms with van der Waals surface area (Å²) in [4.78, 5) is 22.5. The van der Waals surface area contributed by atoms with E-state index in [0.29, 0.717) is 0 Å². The van der Waals surface area contributed by atoms with E-state index in [1.165, 1.54) is 0 Å². The fourth-order valence-corrected chi connectivity index (χ4v) is 1.90. The Balaban J connectivity index is 2.77. The highest BCUT2D eigenvalue weighted by Gasteiger charge is 2.44. The summed E-state index contributed by atoms with van der Waals surface area (Å²) in [7, 11) is 0. The summed E-state index contributed by atoms with van der Waals surface area (Å²) in [5.74, 6) is -0.885. The number of carbonyl (C=O) groups is 2. The average Bonchev–Trinajstić information content (AvgIpc) is 2.27. The summed E-state index contributed by atoms with van der Waals surface area (Å²) < 4.78 is 4.62. The van der Waals surface area contributed by atoms with Gasteiger partial charge >= 0.3 is 11.9 Å². The van der Waals surface area contributed by atoms with Crippen LogP contribution in [0.1, 0.15) is 33.6 Å². The zero-order valence-corrected chi connectivity index (χ0v) is 8.37. The van der Waals surface area contributed by atoms with Crippen molar-refractivity contribution in [3.8, 4) is 0 Å². The van der Waals surface area contributed by atoms with E-state index in [0.717, 1.165) is 12.8 Å². The van der Waals surface area contributed by atoms with Crippen molar-refractivity contribution in [3.63, 3.8) is 0 Å². The summed E-state index contributed by atoms with van der Waals surface area (Å²) in [5.41, 5.74) is 0. The van der Waals surface area contributed by atoms with Crippen molar-refractivity contribution in [2.75, 3.05) is 0 Å². The van der Waals surface area contributed by atoms with Crippen LogP contribution < -0.4 is 0 Å². The molecule has 0 amide bonds. The van der Waals surface area contributed by atoms with Crippen molar-refractivity contribution in [3.05, 3.63) is 0 Å². The Hall–Kier alpha value is -0.860. The first-order valence-electron chi connectivity index (χ1n) is 4.83. The highest BCUT2D eigenvalue weighted by molar-refractivity contribution is 5.96. The number of cyclic esters (lactones) is 2. The maximum atomic E-state index is 11.3. The molecule has 0 aromatic rings. The Morgan fingerprint density at radius 3 is 2.38 bits per heavy atom. The molecule has 0 radical (unpaired) electrons. The zero-order valence-electron chi connectivity index (χ0n) is 8.37. The van der Waals surface area contributed by atoms with E-state index in [1.807, 2.05) is 20.8 Å². The van der Waals surface area contributed by atoms with Gasteiger partial charge in [0, 0.05) is 0 Å². The molecule has 0 saturated carbocycles. The highest BCUT2D eigenvalue weighted by Crippen LogP contribution is 2.32. The van der Waals surface area contributed by atoms with Gasteiger partial charge in [-0.1, -0.05) is 27.2 Å². The van der Waals surface area contributed by atoms with E-state index in [2.05, 4.69) is 4.74 Å². The summed E-state index contributed by atoms with van der Waals surface area (Å²) in [6, 6.07) is 0. The lowest BCUT2D eigenvalue weighted by molar-refractivity contribution is -0.154. The Morgan fingerprint density at radius 2 is 1.92 bits per heavy atom. The first kappa shape index (κ1) is 10.2. The van der Waals surface area contributed by atoms with Crippen LogP contribution in [0, 0.1) is 17.8 Å². The molecule has 13 heavy (non-hydrogen) atoms. The minimum atomic E-state index is -0.335. The summed E-state index contributed by atoms with van der Waals surface area (Å²) in [6.07, 6.45) is 1.67. The lowest BCUT2D eigenvalue weighted by atomic mass is 9.83. The van der Waals surface area contributed by atoms with Gasteiger partial charge in [0.1, 0.15) is 0 Å². The van der Waals surface area contributed by atoms with Crippen molar-refractivity contribution in [1.82, 2.24) is 0 Å². The van der Waals surface area contributed by atoms with Crippen LogP contribution in [0.3, 0.4) is 0 Å². The summed E-state index contributed by atoms with van der Waals surface area (Å²) in [5, 5.41) is 0. The smallest absolute Gasteiger partial charge is 0.317 e. The third kappa shape index (κ3) is 1.90. The Bertz CT molecular complexity index is 220. The number of ether oxygens (including phenoxy) is 1. The monoisotopic (exact) mass is 184 g/mol. The second-order valence-corrected chi connectivity index (χ2v) is 3.91. The van der Waals surface area contributed by atoms with Crippen LogP contribution in [0.5, 0.6) is 0 Å². The Morgan fingerprint density at radius 1 is 1.31 bits per heavy atom. The number of esters is 2.